The molecular formula is C32H25N5OS2. The van der Waals surface area contributed by atoms with E-state index in [0.717, 1.165) is 32.4 Å². The first-order valence-electron chi connectivity index (χ1n) is 12.8. The Morgan fingerprint density at radius 1 is 0.875 bits per heavy atom. The van der Waals surface area contributed by atoms with Crippen LogP contribution in [-0.2, 0) is 17.9 Å². The number of para-hydroxylation sites is 1. The van der Waals surface area contributed by atoms with Crippen LogP contribution in [0.1, 0.15) is 16.7 Å². The third-order valence-electron chi connectivity index (χ3n) is 6.65. The number of nitriles is 1. The Labute approximate surface area is 242 Å². The van der Waals surface area contributed by atoms with Gasteiger partial charge >= 0.3 is 0 Å². The fourth-order valence-corrected chi connectivity index (χ4v) is 6.92. The van der Waals surface area contributed by atoms with Gasteiger partial charge in [0.15, 0.2) is 5.17 Å². The van der Waals surface area contributed by atoms with Crippen molar-refractivity contribution in [1.29, 1.82) is 5.26 Å². The Bertz CT molecular complexity index is 1680. The number of thioether (sulfide) groups is 2. The first kappa shape index (κ1) is 25.8. The van der Waals surface area contributed by atoms with Crippen LogP contribution >= 0.6 is 23.5 Å². The normalized spacial score (nSPS) is 17.3. The Kier molecular flexibility index (Phi) is 7.32. The lowest BCUT2D eigenvalue weighted by molar-refractivity contribution is -0.122. The van der Waals surface area contributed by atoms with E-state index in [0.29, 0.717) is 34.4 Å². The lowest BCUT2D eigenvalue weighted by Gasteiger charge is -2.17. The third-order valence-corrected chi connectivity index (χ3v) is 9.09. The van der Waals surface area contributed by atoms with E-state index in [1.165, 1.54) is 11.8 Å². The van der Waals surface area contributed by atoms with Crippen molar-refractivity contribution >= 4 is 51.7 Å². The van der Waals surface area contributed by atoms with Crippen LogP contribution in [0.2, 0.25) is 0 Å². The molecule has 2 aliphatic heterocycles. The number of aliphatic imine (C=N–C) groups is 1. The molecule has 8 heteroatoms. The first-order chi connectivity index (χ1) is 19.6. The van der Waals surface area contributed by atoms with Crippen molar-refractivity contribution in [2.24, 2.45) is 4.99 Å². The third kappa shape index (κ3) is 5.22. The zero-order chi connectivity index (χ0) is 27.5. The Morgan fingerprint density at radius 2 is 1.57 bits per heavy atom. The maximum atomic E-state index is 13.9. The smallest absolute Gasteiger partial charge is 0.269 e. The second-order valence-corrected chi connectivity index (χ2v) is 11.3. The summed E-state index contributed by atoms with van der Waals surface area (Å²) in [6.07, 6.45) is 0. The number of carbonyl (C=O) groups excluding carboxylic acids is 1. The van der Waals surface area contributed by atoms with Crippen molar-refractivity contribution in [1.82, 2.24) is 4.90 Å². The molecule has 1 fully saturated rings. The van der Waals surface area contributed by atoms with Gasteiger partial charge in [0.2, 0.25) is 0 Å². The SMILES string of the molecule is CN1/C(=C2\SC(=Nc3ccc(NCc4ccccc4)c(C#N)c3)N(Cc3ccccc3)C2=O)Sc2ccccc21. The standard InChI is InChI=1S/C32H25N5OS2/c1-36-27-14-8-9-15-28(27)39-31(36)29-30(38)37(21-23-12-6-3-7-13-23)32(40-29)35-25-16-17-26(24(18-25)19-33)34-20-22-10-4-2-5-11-22/h2-18,34H,20-21H2,1H3/b31-29+,35-32?. The van der Waals surface area contributed by atoms with Gasteiger partial charge in [-0.15, -0.1) is 0 Å². The molecule has 0 aliphatic carbocycles. The van der Waals surface area contributed by atoms with E-state index in [9.17, 15) is 10.1 Å². The summed E-state index contributed by atoms with van der Waals surface area (Å²) in [6.45, 7) is 1.02. The topological polar surface area (TPSA) is 71.7 Å². The maximum absolute atomic E-state index is 13.9. The van der Waals surface area contributed by atoms with Crippen molar-refractivity contribution in [3.05, 3.63) is 130 Å². The molecule has 1 saturated heterocycles. The van der Waals surface area contributed by atoms with E-state index in [2.05, 4.69) is 28.4 Å². The summed E-state index contributed by atoms with van der Waals surface area (Å²) in [5, 5.41) is 14.7. The van der Waals surface area contributed by atoms with Gasteiger partial charge < -0.3 is 10.2 Å². The number of rotatable bonds is 6. The molecule has 2 aliphatic rings. The molecule has 0 atom stereocenters. The number of amides is 1. The van der Waals surface area contributed by atoms with Gasteiger partial charge in [-0.05, 0) is 53.2 Å². The highest BCUT2D eigenvalue weighted by Crippen LogP contribution is 2.50. The van der Waals surface area contributed by atoms with Crippen LogP contribution in [0.25, 0.3) is 0 Å². The number of anilines is 2. The molecule has 0 aromatic heterocycles. The van der Waals surface area contributed by atoms with Gasteiger partial charge in [0.1, 0.15) is 11.0 Å². The highest BCUT2D eigenvalue weighted by Gasteiger charge is 2.39. The van der Waals surface area contributed by atoms with Crippen LogP contribution in [0.15, 0.2) is 123 Å². The molecule has 0 unspecified atom stereocenters. The zero-order valence-electron chi connectivity index (χ0n) is 21.7. The fourth-order valence-electron chi connectivity index (χ4n) is 4.58. The molecule has 1 N–H and O–H groups in total. The number of benzene rings is 4. The fraction of sp³-hybridized carbons (Fsp3) is 0.0938. The van der Waals surface area contributed by atoms with Gasteiger partial charge in [-0.2, -0.15) is 5.26 Å². The molecule has 196 valence electrons. The highest BCUT2D eigenvalue weighted by atomic mass is 32.2. The largest absolute Gasteiger partial charge is 0.380 e. The van der Waals surface area contributed by atoms with Crippen molar-refractivity contribution in [2.75, 3.05) is 17.3 Å². The van der Waals surface area contributed by atoms with Crippen LogP contribution in [0.3, 0.4) is 0 Å². The minimum absolute atomic E-state index is 0.0728. The molecule has 40 heavy (non-hydrogen) atoms. The molecule has 6 rings (SSSR count). The minimum atomic E-state index is -0.0728. The van der Waals surface area contributed by atoms with E-state index in [-0.39, 0.29) is 5.91 Å². The summed E-state index contributed by atoms with van der Waals surface area (Å²) in [4.78, 5) is 24.3. The highest BCUT2D eigenvalue weighted by molar-refractivity contribution is 8.19. The van der Waals surface area contributed by atoms with Gasteiger partial charge in [-0.3, -0.25) is 9.69 Å². The molecule has 0 bridgehead atoms. The van der Waals surface area contributed by atoms with Crippen molar-refractivity contribution in [3.8, 4) is 6.07 Å². The van der Waals surface area contributed by atoms with Crippen LogP contribution in [-0.4, -0.2) is 23.0 Å². The predicted octanol–water partition coefficient (Wildman–Crippen LogP) is 7.34. The monoisotopic (exact) mass is 559 g/mol. The molecule has 0 spiro atoms. The quantitative estimate of drug-likeness (QED) is 0.249. The van der Waals surface area contributed by atoms with Crippen molar-refractivity contribution in [3.63, 3.8) is 0 Å². The second kappa shape index (κ2) is 11.3. The molecule has 6 nitrogen and oxygen atoms in total. The number of hydrogen-bond acceptors (Lipinski definition) is 7. The summed E-state index contributed by atoms with van der Waals surface area (Å²) < 4.78 is 0. The molecule has 0 saturated carbocycles. The number of nitrogens with zero attached hydrogens (tertiary/aromatic N) is 4. The average Bonchev–Trinajstić information content (AvgIpc) is 3.49. The Balaban J connectivity index is 1.33. The van der Waals surface area contributed by atoms with Gasteiger partial charge in [0.05, 0.1) is 34.2 Å². The van der Waals surface area contributed by atoms with Crippen molar-refractivity contribution < 1.29 is 4.79 Å². The van der Waals surface area contributed by atoms with Crippen LogP contribution in [0.5, 0.6) is 0 Å². The van der Waals surface area contributed by atoms with Crippen LogP contribution in [0, 0.1) is 11.3 Å². The summed E-state index contributed by atoms with van der Waals surface area (Å²) in [5.74, 6) is -0.0728. The second-order valence-electron chi connectivity index (χ2n) is 9.32. The average molecular weight is 560 g/mol. The van der Waals surface area contributed by atoms with Crippen molar-refractivity contribution in [2.45, 2.75) is 18.0 Å². The summed E-state index contributed by atoms with van der Waals surface area (Å²) in [7, 11) is 1.99. The number of fused-ring (bicyclic) bond motifs is 1. The van der Waals surface area contributed by atoms with E-state index < -0.39 is 0 Å². The van der Waals surface area contributed by atoms with Gasteiger partial charge in [0, 0.05) is 18.5 Å². The maximum Gasteiger partial charge on any atom is 0.269 e. The summed E-state index contributed by atoms with van der Waals surface area (Å²) >= 11 is 2.99. The van der Waals surface area contributed by atoms with Crippen LogP contribution in [0.4, 0.5) is 17.1 Å². The minimum Gasteiger partial charge on any atom is -0.380 e. The number of carbonyl (C=O) groups is 1. The Hall–Kier alpha value is -4.45. The van der Waals surface area contributed by atoms with E-state index in [4.69, 9.17) is 4.99 Å². The Morgan fingerprint density at radius 3 is 2.30 bits per heavy atom. The van der Waals surface area contributed by atoms with Crippen LogP contribution < -0.4 is 10.2 Å². The molecule has 0 radical (unpaired) electrons. The molecular weight excluding hydrogens is 535 g/mol. The lowest BCUT2D eigenvalue weighted by atomic mass is 10.1. The number of amidine groups is 1. The van der Waals surface area contributed by atoms with Gasteiger partial charge in [-0.1, -0.05) is 84.6 Å². The molecule has 2 heterocycles. The number of nitrogens with one attached hydrogen (secondary N) is 1. The summed E-state index contributed by atoms with van der Waals surface area (Å²) in [6, 6.07) is 35.9. The summed E-state index contributed by atoms with van der Waals surface area (Å²) in [5.41, 5.74) is 5.10. The zero-order valence-corrected chi connectivity index (χ0v) is 23.4. The predicted molar refractivity (Wildman–Crippen MR) is 164 cm³/mol. The van der Waals surface area contributed by atoms with E-state index in [1.807, 2.05) is 92.0 Å². The van der Waals surface area contributed by atoms with Gasteiger partial charge in [-0.25, -0.2) is 4.99 Å². The van der Waals surface area contributed by atoms with E-state index >= 15 is 0 Å². The molecule has 4 aromatic rings. The lowest BCUT2D eigenvalue weighted by Crippen LogP contribution is -2.29. The molecule has 1 amide bonds. The molecule has 4 aromatic carbocycles. The number of hydrogen-bond donors (Lipinski definition) is 1. The van der Waals surface area contributed by atoms with E-state index in [1.54, 1.807) is 22.7 Å². The van der Waals surface area contributed by atoms with Gasteiger partial charge in [0.25, 0.3) is 5.91 Å². The first-order valence-corrected chi connectivity index (χ1v) is 14.4.